The van der Waals surface area contributed by atoms with Gasteiger partial charge in [0.05, 0.1) is 19.8 Å². The van der Waals surface area contributed by atoms with Crippen LogP contribution in [0.4, 0.5) is 0 Å². The number of rotatable bonds is 10. The number of ether oxygens (including phenoxy) is 2. The molecule has 0 saturated carbocycles. The van der Waals surface area contributed by atoms with Crippen LogP contribution in [0.1, 0.15) is 28.0 Å². The molecule has 0 aliphatic carbocycles. The maximum atomic E-state index is 12.7. The van der Waals surface area contributed by atoms with Gasteiger partial charge in [0.1, 0.15) is 5.01 Å². The van der Waals surface area contributed by atoms with Gasteiger partial charge in [0.2, 0.25) is 10.0 Å². The minimum Gasteiger partial charge on any atom is -0.461 e. The molecule has 0 aliphatic heterocycles. The second-order valence-electron chi connectivity index (χ2n) is 5.43. The van der Waals surface area contributed by atoms with E-state index in [1.807, 2.05) is 30.3 Å². The van der Waals surface area contributed by atoms with Crippen LogP contribution in [0.5, 0.6) is 0 Å². The van der Waals surface area contributed by atoms with Gasteiger partial charge in [-0.3, -0.25) is 0 Å². The predicted molar refractivity (Wildman–Crippen MR) is 105 cm³/mol. The summed E-state index contributed by atoms with van der Waals surface area (Å²) >= 11 is 1.21. The van der Waals surface area contributed by atoms with Gasteiger partial charge in [0.15, 0.2) is 5.69 Å². The van der Waals surface area contributed by atoms with Crippen molar-refractivity contribution in [2.75, 3.05) is 26.9 Å². The van der Waals surface area contributed by atoms with Crippen molar-refractivity contribution in [3.05, 3.63) is 57.4 Å². The van der Waals surface area contributed by atoms with Gasteiger partial charge in [0.25, 0.3) is 0 Å². The monoisotopic (exact) mass is 410 g/mol. The van der Waals surface area contributed by atoms with E-state index in [2.05, 4.69) is 4.98 Å². The lowest BCUT2D eigenvalue weighted by atomic mass is 10.2. The zero-order valence-electron chi connectivity index (χ0n) is 15.2. The Labute approximate surface area is 163 Å². The fourth-order valence-electron chi connectivity index (χ4n) is 2.14. The van der Waals surface area contributed by atoms with E-state index in [-0.39, 0.29) is 32.0 Å². The highest BCUT2D eigenvalue weighted by atomic mass is 32.2. The molecule has 0 fully saturated rings. The third-order valence-electron chi connectivity index (χ3n) is 3.48. The van der Waals surface area contributed by atoms with Crippen LogP contribution in [-0.4, -0.2) is 50.5 Å². The van der Waals surface area contributed by atoms with E-state index in [4.69, 9.17) is 9.47 Å². The molecule has 0 N–H and O–H groups in total. The van der Waals surface area contributed by atoms with E-state index in [0.29, 0.717) is 5.01 Å². The lowest BCUT2D eigenvalue weighted by molar-refractivity contribution is 0.0520. The summed E-state index contributed by atoms with van der Waals surface area (Å²) in [6, 6.07) is 9.17. The molecule has 9 heteroatoms. The third kappa shape index (κ3) is 6.55. The summed E-state index contributed by atoms with van der Waals surface area (Å²) in [5, 5.41) is 3.23. The van der Waals surface area contributed by atoms with Gasteiger partial charge in [-0.25, -0.2) is 18.2 Å². The Morgan fingerprint density at radius 2 is 2.04 bits per heavy atom. The van der Waals surface area contributed by atoms with Crippen LogP contribution < -0.4 is 0 Å². The van der Waals surface area contributed by atoms with Crippen molar-refractivity contribution in [3.8, 4) is 0 Å². The number of methoxy groups -OCH3 is 1. The Hall–Kier alpha value is -2.07. The molecule has 1 heterocycles. The molecule has 0 aliphatic rings. The fraction of sp³-hybridized carbons (Fsp3) is 0.333. The van der Waals surface area contributed by atoms with Crippen LogP contribution >= 0.6 is 11.3 Å². The molecule has 2 aromatic rings. The van der Waals surface area contributed by atoms with Crippen LogP contribution in [0.3, 0.4) is 0 Å². The van der Waals surface area contributed by atoms with E-state index in [0.717, 1.165) is 11.0 Å². The number of carbonyl (C=O) groups is 1. The molecule has 0 bridgehead atoms. The van der Waals surface area contributed by atoms with Crippen LogP contribution in [0.2, 0.25) is 0 Å². The Bertz CT molecular complexity index is 863. The van der Waals surface area contributed by atoms with E-state index in [1.165, 1.54) is 22.8 Å². The number of carbonyl (C=O) groups excluding carboxylic acids is 1. The van der Waals surface area contributed by atoms with Gasteiger partial charge in [-0.1, -0.05) is 30.3 Å². The number of hydrogen-bond acceptors (Lipinski definition) is 7. The number of sulfonamides is 1. The highest BCUT2D eigenvalue weighted by Crippen LogP contribution is 2.17. The summed E-state index contributed by atoms with van der Waals surface area (Å²) in [4.78, 5) is 15.9. The zero-order chi connectivity index (χ0) is 19.7. The summed E-state index contributed by atoms with van der Waals surface area (Å²) in [6.07, 6.45) is 1.54. The van der Waals surface area contributed by atoms with E-state index in [9.17, 15) is 13.2 Å². The lowest BCUT2D eigenvalue weighted by Gasteiger charge is -2.18. The quantitative estimate of drug-likeness (QED) is 0.560. The highest BCUT2D eigenvalue weighted by Gasteiger charge is 2.22. The van der Waals surface area contributed by atoms with E-state index >= 15 is 0 Å². The lowest BCUT2D eigenvalue weighted by Crippen LogP contribution is -2.32. The van der Waals surface area contributed by atoms with Gasteiger partial charge in [-0.05, 0) is 18.6 Å². The number of aromatic nitrogens is 1. The average molecular weight is 411 g/mol. The predicted octanol–water partition coefficient (Wildman–Crippen LogP) is 2.77. The normalized spacial score (nSPS) is 12.0. The summed E-state index contributed by atoms with van der Waals surface area (Å²) in [6.45, 7) is 2.43. The first-order chi connectivity index (χ1) is 13.0. The van der Waals surface area contributed by atoms with Crippen LogP contribution in [0.15, 0.2) is 41.1 Å². The molecular weight excluding hydrogens is 388 g/mol. The molecule has 1 aromatic carbocycles. The van der Waals surface area contributed by atoms with Gasteiger partial charge >= 0.3 is 5.97 Å². The van der Waals surface area contributed by atoms with Crippen molar-refractivity contribution in [2.24, 2.45) is 0 Å². The standard InChI is InChI=1S/C18H22N2O5S2/c1-3-25-18(21)16-14-26-17(19-16)13-20(10-11-24-2)27(22,23)12-9-15-7-5-4-6-8-15/h4-9,12,14H,3,10-11,13H2,1-2H3/b12-9+. The Morgan fingerprint density at radius 1 is 1.30 bits per heavy atom. The highest BCUT2D eigenvalue weighted by molar-refractivity contribution is 7.92. The SMILES string of the molecule is CCOC(=O)c1csc(CN(CCOC)S(=O)(=O)/C=C/c2ccccc2)n1. The van der Waals surface area contributed by atoms with Crippen molar-refractivity contribution in [2.45, 2.75) is 13.5 Å². The van der Waals surface area contributed by atoms with Gasteiger partial charge in [0, 0.05) is 24.4 Å². The number of hydrogen-bond donors (Lipinski definition) is 0. The number of nitrogens with zero attached hydrogens (tertiary/aromatic N) is 2. The second-order valence-corrected chi connectivity index (χ2v) is 8.19. The molecule has 0 atom stereocenters. The first kappa shape index (κ1) is 21.2. The molecule has 27 heavy (non-hydrogen) atoms. The molecule has 7 nitrogen and oxygen atoms in total. The molecule has 146 valence electrons. The van der Waals surface area contributed by atoms with Gasteiger partial charge < -0.3 is 9.47 Å². The molecular formula is C18H22N2O5S2. The van der Waals surface area contributed by atoms with Crippen LogP contribution in [0.25, 0.3) is 6.08 Å². The molecule has 2 rings (SSSR count). The summed E-state index contributed by atoms with van der Waals surface area (Å²) in [5.74, 6) is -0.518. The molecule has 0 spiro atoms. The summed E-state index contributed by atoms with van der Waals surface area (Å²) in [5.41, 5.74) is 0.965. The summed E-state index contributed by atoms with van der Waals surface area (Å²) in [7, 11) is -2.18. The van der Waals surface area contributed by atoms with Crippen molar-refractivity contribution in [1.29, 1.82) is 0 Å². The Balaban J connectivity index is 2.16. The summed E-state index contributed by atoms with van der Waals surface area (Å²) < 4.78 is 36.7. The van der Waals surface area contributed by atoms with Crippen LogP contribution in [0, 0.1) is 0 Å². The largest absolute Gasteiger partial charge is 0.461 e. The molecule has 0 amide bonds. The minimum atomic E-state index is -3.69. The van der Waals surface area contributed by atoms with Crippen molar-refractivity contribution in [3.63, 3.8) is 0 Å². The first-order valence-electron chi connectivity index (χ1n) is 8.30. The van der Waals surface area contributed by atoms with E-state index < -0.39 is 16.0 Å². The first-order valence-corrected chi connectivity index (χ1v) is 10.7. The smallest absolute Gasteiger partial charge is 0.357 e. The van der Waals surface area contributed by atoms with Crippen molar-refractivity contribution in [1.82, 2.24) is 9.29 Å². The number of esters is 1. The van der Waals surface area contributed by atoms with Crippen molar-refractivity contribution >= 4 is 33.4 Å². The van der Waals surface area contributed by atoms with E-state index in [1.54, 1.807) is 18.4 Å². The van der Waals surface area contributed by atoms with Gasteiger partial charge in [-0.15, -0.1) is 11.3 Å². The maximum absolute atomic E-state index is 12.7. The average Bonchev–Trinajstić information content (AvgIpc) is 3.13. The Kier molecular flexibility index (Phi) is 8.11. The Morgan fingerprint density at radius 3 is 2.70 bits per heavy atom. The maximum Gasteiger partial charge on any atom is 0.357 e. The second kappa shape index (κ2) is 10.3. The molecule has 1 aromatic heterocycles. The molecule has 0 saturated heterocycles. The zero-order valence-corrected chi connectivity index (χ0v) is 16.8. The fourth-order valence-corrected chi connectivity index (χ4v) is 4.13. The van der Waals surface area contributed by atoms with Gasteiger partial charge in [-0.2, -0.15) is 4.31 Å². The molecule has 0 unspecified atom stereocenters. The number of benzene rings is 1. The minimum absolute atomic E-state index is 0.0505. The topological polar surface area (TPSA) is 85.8 Å². The van der Waals surface area contributed by atoms with Crippen LogP contribution in [-0.2, 0) is 26.0 Å². The third-order valence-corrected chi connectivity index (χ3v) is 5.83. The molecule has 0 radical (unpaired) electrons. The number of thiazole rings is 1. The van der Waals surface area contributed by atoms with Crippen molar-refractivity contribution < 1.29 is 22.7 Å².